The summed E-state index contributed by atoms with van der Waals surface area (Å²) >= 11 is 5.68. The second-order valence-corrected chi connectivity index (χ2v) is 3.64. The molecule has 3 heteroatoms. The van der Waals surface area contributed by atoms with Crippen LogP contribution in [0.1, 0.15) is 25.3 Å². The molecule has 0 fully saturated rings. The molecule has 0 amide bonds. The quantitative estimate of drug-likeness (QED) is 0.818. The Morgan fingerprint density at radius 3 is 2.79 bits per heavy atom. The second-order valence-electron chi connectivity index (χ2n) is 3.20. The van der Waals surface area contributed by atoms with Crippen LogP contribution in [0.4, 0.5) is 4.39 Å². The number of hydrogen-bond donors (Lipinski definition) is 1. The van der Waals surface area contributed by atoms with Crippen LogP contribution in [0.2, 0.25) is 5.02 Å². The molecule has 1 rings (SSSR count). The highest BCUT2D eigenvalue weighted by atomic mass is 35.5. The molecule has 0 bridgehead atoms. The molecular formula is C11H13ClFO. The van der Waals surface area contributed by atoms with Gasteiger partial charge in [0, 0.05) is 5.02 Å². The Hall–Kier alpha value is -0.600. The van der Waals surface area contributed by atoms with Gasteiger partial charge in [0.05, 0.1) is 6.10 Å². The number of aliphatic hydroxyl groups is 1. The molecule has 77 valence electrons. The third-order valence-electron chi connectivity index (χ3n) is 1.98. The van der Waals surface area contributed by atoms with Gasteiger partial charge < -0.3 is 5.11 Å². The van der Waals surface area contributed by atoms with E-state index < -0.39 is 0 Å². The first-order valence-corrected chi connectivity index (χ1v) is 4.97. The van der Waals surface area contributed by atoms with Crippen LogP contribution in [0.5, 0.6) is 0 Å². The van der Waals surface area contributed by atoms with E-state index >= 15 is 0 Å². The Balaban J connectivity index is 2.58. The van der Waals surface area contributed by atoms with E-state index in [9.17, 15) is 9.50 Å². The highest BCUT2D eigenvalue weighted by Gasteiger charge is 2.04. The van der Waals surface area contributed by atoms with Crippen LogP contribution in [0.25, 0.3) is 0 Å². The fourth-order valence-electron chi connectivity index (χ4n) is 1.13. The van der Waals surface area contributed by atoms with E-state index in [0.29, 0.717) is 23.4 Å². The zero-order valence-electron chi connectivity index (χ0n) is 8.00. The first kappa shape index (κ1) is 11.5. The van der Waals surface area contributed by atoms with Crippen LogP contribution in [0.3, 0.4) is 0 Å². The standard InChI is InChI=1S/C11H13ClFO/c1-2-11(14)4-3-8-5-9(12)7-10(13)6-8/h3,5-7,11,14H,2,4H2,1H3. The van der Waals surface area contributed by atoms with Crippen molar-refractivity contribution in [1.29, 1.82) is 0 Å². The molecule has 0 saturated carbocycles. The molecule has 1 N–H and O–H groups in total. The van der Waals surface area contributed by atoms with Gasteiger partial charge >= 0.3 is 0 Å². The molecular weight excluding hydrogens is 203 g/mol. The Labute approximate surface area is 88.5 Å². The van der Waals surface area contributed by atoms with Crippen molar-refractivity contribution >= 4 is 11.6 Å². The van der Waals surface area contributed by atoms with Gasteiger partial charge in [-0.05, 0) is 43.0 Å². The average Bonchev–Trinajstić information content (AvgIpc) is 2.12. The predicted molar refractivity (Wildman–Crippen MR) is 55.7 cm³/mol. The summed E-state index contributed by atoms with van der Waals surface area (Å²) in [5, 5.41) is 9.68. The fraction of sp³-hybridized carbons (Fsp3) is 0.364. The van der Waals surface area contributed by atoms with Gasteiger partial charge in [-0.2, -0.15) is 0 Å². The van der Waals surface area contributed by atoms with Gasteiger partial charge in [-0.3, -0.25) is 0 Å². The molecule has 1 radical (unpaired) electrons. The number of aliphatic hydroxyl groups excluding tert-OH is 1. The summed E-state index contributed by atoms with van der Waals surface area (Å²) < 4.78 is 12.9. The first-order valence-electron chi connectivity index (χ1n) is 4.59. The molecule has 1 aromatic carbocycles. The third kappa shape index (κ3) is 3.64. The lowest BCUT2D eigenvalue weighted by atomic mass is 10.1. The van der Waals surface area contributed by atoms with E-state index in [1.165, 1.54) is 12.1 Å². The molecule has 1 nitrogen and oxygen atoms in total. The van der Waals surface area contributed by atoms with Crippen molar-refractivity contribution in [3.05, 3.63) is 41.0 Å². The maximum absolute atomic E-state index is 12.9. The molecule has 14 heavy (non-hydrogen) atoms. The van der Waals surface area contributed by atoms with Crippen LogP contribution in [-0.4, -0.2) is 11.2 Å². The maximum atomic E-state index is 12.9. The summed E-state index contributed by atoms with van der Waals surface area (Å²) in [6, 6.07) is 4.33. The average molecular weight is 216 g/mol. The highest BCUT2D eigenvalue weighted by molar-refractivity contribution is 6.30. The van der Waals surface area contributed by atoms with Crippen LogP contribution in [0.15, 0.2) is 18.2 Å². The third-order valence-corrected chi connectivity index (χ3v) is 2.20. The van der Waals surface area contributed by atoms with Crippen molar-refractivity contribution < 1.29 is 9.50 Å². The molecule has 0 spiro atoms. The smallest absolute Gasteiger partial charge is 0.124 e. The maximum Gasteiger partial charge on any atom is 0.124 e. The SMILES string of the molecule is CCC(O)C[CH]c1cc(F)cc(Cl)c1. The molecule has 0 aliphatic heterocycles. The highest BCUT2D eigenvalue weighted by Crippen LogP contribution is 2.17. The number of rotatable bonds is 4. The first-order chi connectivity index (χ1) is 6.61. The Kier molecular flexibility index (Phi) is 4.36. The summed E-state index contributed by atoms with van der Waals surface area (Å²) in [5.41, 5.74) is 0.711. The van der Waals surface area contributed by atoms with Crippen molar-refractivity contribution in [3.63, 3.8) is 0 Å². The van der Waals surface area contributed by atoms with E-state index in [1.54, 1.807) is 12.5 Å². The lowest BCUT2D eigenvalue weighted by molar-refractivity contribution is 0.170. The van der Waals surface area contributed by atoms with Crippen LogP contribution < -0.4 is 0 Å². The number of hydrogen-bond acceptors (Lipinski definition) is 1. The van der Waals surface area contributed by atoms with E-state index in [4.69, 9.17) is 11.6 Å². The summed E-state index contributed by atoms with van der Waals surface area (Å²) in [7, 11) is 0. The predicted octanol–water partition coefficient (Wildman–Crippen LogP) is 3.19. The Morgan fingerprint density at radius 2 is 2.21 bits per heavy atom. The van der Waals surface area contributed by atoms with Gasteiger partial charge in [-0.15, -0.1) is 0 Å². The van der Waals surface area contributed by atoms with E-state index in [-0.39, 0.29) is 11.9 Å². The minimum Gasteiger partial charge on any atom is -0.393 e. The molecule has 0 aliphatic rings. The van der Waals surface area contributed by atoms with Gasteiger partial charge in [0.25, 0.3) is 0 Å². The van der Waals surface area contributed by atoms with Crippen molar-refractivity contribution in [2.24, 2.45) is 0 Å². The Bertz CT molecular complexity index is 281. The van der Waals surface area contributed by atoms with Gasteiger partial charge in [-0.25, -0.2) is 4.39 Å². The molecule has 1 atom stereocenters. The lowest BCUT2D eigenvalue weighted by Crippen LogP contribution is -2.04. The van der Waals surface area contributed by atoms with Crippen molar-refractivity contribution in [3.8, 4) is 0 Å². The summed E-state index contributed by atoms with van der Waals surface area (Å²) in [6.45, 7) is 1.90. The topological polar surface area (TPSA) is 20.2 Å². The number of benzene rings is 1. The van der Waals surface area contributed by atoms with Crippen LogP contribution >= 0.6 is 11.6 Å². The fourth-order valence-corrected chi connectivity index (χ4v) is 1.36. The van der Waals surface area contributed by atoms with Crippen molar-refractivity contribution in [2.75, 3.05) is 0 Å². The van der Waals surface area contributed by atoms with Gasteiger partial charge in [0.15, 0.2) is 0 Å². The number of halogens is 2. The van der Waals surface area contributed by atoms with Crippen LogP contribution in [0, 0.1) is 12.2 Å². The van der Waals surface area contributed by atoms with Crippen LogP contribution in [-0.2, 0) is 0 Å². The molecule has 0 saturated heterocycles. The minimum absolute atomic E-state index is 0.352. The van der Waals surface area contributed by atoms with E-state index in [0.717, 1.165) is 0 Å². The zero-order valence-corrected chi connectivity index (χ0v) is 8.76. The molecule has 1 unspecified atom stereocenters. The van der Waals surface area contributed by atoms with Gasteiger partial charge in [0.2, 0.25) is 0 Å². The normalized spacial score (nSPS) is 12.9. The summed E-state index contributed by atoms with van der Waals surface area (Å²) in [5.74, 6) is -0.352. The zero-order chi connectivity index (χ0) is 10.6. The van der Waals surface area contributed by atoms with Gasteiger partial charge in [0.1, 0.15) is 5.82 Å². The van der Waals surface area contributed by atoms with Crippen molar-refractivity contribution in [1.82, 2.24) is 0 Å². The summed E-state index contributed by atoms with van der Waals surface area (Å²) in [4.78, 5) is 0. The van der Waals surface area contributed by atoms with E-state index in [2.05, 4.69) is 0 Å². The molecule has 1 aromatic rings. The monoisotopic (exact) mass is 215 g/mol. The van der Waals surface area contributed by atoms with Crippen molar-refractivity contribution in [2.45, 2.75) is 25.9 Å². The molecule has 0 aromatic heterocycles. The second kappa shape index (κ2) is 5.32. The van der Waals surface area contributed by atoms with E-state index in [1.807, 2.05) is 6.92 Å². The largest absolute Gasteiger partial charge is 0.393 e. The Morgan fingerprint density at radius 1 is 1.50 bits per heavy atom. The molecule has 0 aliphatic carbocycles. The van der Waals surface area contributed by atoms with Gasteiger partial charge in [-0.1, -0.05) is 18.5 Å². The summed E-state index contributed by atoms with van der Waals surface area (Å²) in [6.07, 6.45) is 2.64. The lowest BCUT2D eigenvalue weighted by Gasteiger charge is -2.07. The molecule has 0 heterocycles. The minimum atomic E-state index is -0.364.